The highest BCUT2D eigenvalue weighted by molar-refractivity contribution is 6.39. The molecule has 1 fully saturated rings. The minimum atomic E-state index is -0.631. The molecule has 1 aromatic carbocycles. The van der Waals surface area contributed by atoms with Gasteiger partial charge in [-0.25, -0.2) is 8.78 Å². The van der Waals surface area contributed by atoms with Crippen LogP contribution in [0.3, 0.4) is 0 Å². The molecule has 1 aliphatic carbocycles. The van der Waals surface area contributed by atoms with Crippen molar-refractivity contribution in [2.75, 3.05) is 7.05 Å². The first-order valence-electron chi connectivity index (χ1n) is 6.25. The van der Waals surface area contributed by atoms with Gasteiger partial charge >= 0.3 is 0 Å². The molecule has 0 heterocycles. The monoisotopic (exact) mass is 251 g/mol. The summed E-state index contributed by atoms with van der Waals surface area (Å²) in [6.07, 6.45) is 2.22. The molecule has 1 N–H and O–H groups in total. The summed E-state index contributed by atoms with van der Waals surface area (Å²) in [4.78, 5) is 0. The van der Waals surface area contributed by atoms with Gasteiger partial charge in [0, 0.05) is 23.6 Å². The fourth-order valence-electron chi connectivity index (χ4n) is 2.17. The highest BCUT2D eigenvalue weighted by Gasteiger charge is 2.40. The van der Waals surface area contributed by atoms with Gasteiger partial charge in [-0.2, -0.15) is 0 Å². The molecule has 0 spiro atoms. The predicted molar refractivity (Wildman–Crippen MR) is 72.3 cm³/mol. The molecule has 0 atom stereocenters. The van der Waals surface area contributed by atoms with Crippen LogP contribution < -0.4 is 10.1 Å². The largest absolute Gasteiger partial charge is 0.502 e. The van der Waals surface area contributed by atoms with Gasteiger partial charge in [0.1, 0.15) is 21.5 Å². The van der Waals surface area contributed by atoms with Crippen molar-refractivity contribution in [2.45, 2.75) is 24.8 Å². The summed E-state index contributed by atoms with van der Waals surface area (Å²) in [5, 5.41) is 2.49. The fraction of sp³-hybridized carbons (Fsp3) is 0.500. The SMILES string of the molecule is BC(B)(Oc1c(F)cc(F)cc1CNC)C1CC1. The van der Waals surface area contributed by atoms with E-state index in [1.54, 1.807) is 7.05 Å². The quantitative estimate of drug-likeness (QED) is 0.764. The molecular weight excluding hydrogens is 234 g/mol. The number of halogens is 2. The molecule has 0 aromatic heterocycles. The van der Waals surface area contributed by atoms with Crippen molar-refractivity contribution in [2.24, 2.45) is 5.92 Å². The summed E-state index contributed by atoms with van der Waals surface area (Å²) in [7, 11) is 5.64. The van der Waals surface area contributed by atoms with Crippen molar-refractivity contribution >= 4 is 15.7 Å². The second-order valence-corrected chi connectivity index (χ2v) is 5.39. The van der Waals surface area contributed by atoms with Gasteiger partial charge in [0.2, 0.25) is 0 Å². The summed E-state index contributed by atoms with van der Waals surface area (Å²) in [6.45, 7) is 0.380. The zero-order chi connectivity index (χ0) is 13.3. The minimum Gasteiger partial charge on any atom is -0.502 e. The smallest absolute Gasteiger partial charge is 0.168 e. The molecule has 1 aromatic rings. The highest BCUT2D eigenvalue weighted by Crippen LogP contribution is 2.40. The lowest BCUT2D eigenvalue weighted by Gasteiger charge is -2.28. The normalized spacial score (nSPS) is 15.7. The number of rotatable bonds is 5. The van der Waals surface area contributed by atoms with Gasteiger partial charge < -0.3 is 10.1 Å². The van der Waals surface area contributed by atoms with Gasteiger partial charge in [0.25, 0.3) is 0 Å². The lowest BCUT2D eigenvalue weighted by atomic mass is 9.62. The maximum atomic E-state index is 13.9. The van der Waals surface area contributed by atoms with E-state index in [9.17, 15) is 8.78 Å². The third-order valence-electron chi connectivity index (χ3n) is 3.38. The molecular formula is C12H17B2F2NO. The average Bonchev–Trinajstić information content (AvgIpc) is 3.07. The maximum Gasteiger partial charge on any atom is 0.168 e. The summed E-state index contributed by atoms with van der Waals surface area (Å²) < 4.78 is 32.9. The Bertz CT molecular complexity index is 450. The van der Waals surface area contributed by atoms with Crippen LogP contribution in [0, 0.1) is 17.6 Å². The first-order valence-corrected chi connectivity index (χ1v) is 6.25. The Morgan fingerprint density at radius 1 is 1.39 bits per heavy atom. The van der Waals surface area contributed by atoms with E-state index in [2.05, 4.69) is 5.32 Å². The van der Waals surface area contributed by atoms with E-state index in [0.717, 1.165) is 18.9 Å². The molecule has 2 rings (SSSR count). The van der Waals surface area contributed by atoms with Crippen LogP contribution in [0.5, 0.6) is 5.75 Å². The topological polar surface area (TPSA) is 21.3 Å². The first kappa shape index (κ1) is 13.4. The maximum absolute atomic E-state index is 13.9. The number of hydrogen-bond acceptors (Lipinski definition) is 2. The van der Waals surface area contributed by atoms with Crippen LogP contribution in [-0.2, 0) is 6.54 Å². The van der Waals surface area contributed by atoms with Gasteiger partial charge in [0.05, 0.1) is 0 Å². The molecule has 1 saturated carbocycles. The van der Waals surface area contributed by atoms with E-state index in [4.69, 9.17) is 4.74 Å². The second kappa shape index (κ2) is 4.92. The Kier molecular flexibility index (Phi) is 3.66. The van der Waals surface area contributed by atoms with E-state index < -0.39 is 17.0 Å². The molecule has 2 nitrogen and oxygen atoms in total. The van der Waals surface area contributed by atoms with Gasteiger partial charge in [-0.05, 0) is 31.9 Å². The zero-order valence-corrected chi connectivity index (χ0v) is 11.0. The highest BCUT2D eigenvalue weighted by atomic mass is 19.1. The van der Waals surface area contributed by atoms with E-state index >= 15 is 0 Å². The van der Waals surface area contributed by atoms with Crippen molar-refractivity contribution in [3.63, 3.8) is 0 Å². The van der Waals surface area contributed by atoms with E-state index in [0.29, 0.717) is 18.0 Å². The number of benzene rings is 1. The summed E-state index contributed by atoms with van der Waals surface area (Å²) in [6, 6.07) is 2.19. The molecule has 1 aliphatic rings. The Morgan fingerprint density at radius 3 is 2.61 bits per heavy atom. The van der Waals surface area contributed by atoms with Crippen molar-refractivity contribution < 1.29 is 13.5 Å². The summed E-state index contributed by atoms with van der Waals surface area (Å²) >= 11 is 0. The molecule has 0 unspecified atom stereocenters. The first-order chi connectivity index (χ1) is 8.44. The molecule has 0 bridgehead atoms. The predicted octanol–water partition coefficient (Wildman–Crippen LogP) is 0.393. The second-order valence-electron chi connectivity index (χ2n) is 5.39. The van der Waals surface area contributed by atoms with E-state index in [1.807, 2.05) is 15.7 Å². The third-order valence-corrected chi connectivity index (χ3v) is 3.38. The van der Waals surface area contributed by atoms with Crippen molar-refractivity contribution in [1.82, 2.24) is 5.32 Å². The van der Waals surface area contributed by atoms with Crippen molar-refractivity contribution in [1.29, 1.82) is 0 Å². The van der Waals surface area contributed by atoms with Crippen LogP contribution in [0.1, 0.15) is 18.4 Å². The van der Waals surface area contributed by atoms with Crippen LogP contribution in [0.25, 0.3) is 0 Å². The zero-order valence-electron chi connectivity index (χ0n) is 11.0. The van der Waals surface area contributed by atoms with Crippen LogP contribution in [0.4, 0.5) is 8.78 Å². The van der Waals surface area contributed by atoms with Gasteiger partial charge in [-0.15, -0.1) is 0 Å². The number of nitrogens with one attached hydrogen (secondary N) is 1. The minimum absolute atomic E-state index is 0.169. The lowest BCUT2D eigenvalue weighted by Crippen LogP contribution is -2.40. The molecule has 0 amide bonds. The van der Waals surface area contributed by atoms with Crippen molar-refractivity contribution in [3.8, 4) is 5.75 Å². The Balaban J connectivity index is 2.30. The summed E-state index contributed by atoms with van der Waals surface area (Å²) in [5.41, 5.74) is 0.517. The standard InChI is InChI=1S/C12H17B2F2NO/c1-17-6-7-4-9(15)5-10(16)11(7)18-12(13,14)8-2-3-8/h4-5,8,17H,2-3,6,13-14H2,1H3. The number of ether oxygens (including phenoxy) is 1. The van der Waals surface area contributed by atoms with Crippen LogP contribution in [-0.4, -0.2) is 28.1 Å². The summed E-state index contributed by atoms with van der Waals surface area (Å²) in [5.74, 6) is -0.574. The van der Waals surface area contributed by atoms with Crippen LogP contribution in [0.2, 0.25) is 0 Å². The Morgan fingerprint density at radius 2 is 2.06 bits per heavy atom. The molecule has 0 aliphatic heterocycles. The van der Waals surface area contributed by atoms with Crippen LogP contribution in [0.15, 0.2) is 12.1 Å². The molecule has 6 heteroatoms. The molecule has 18 heavy (non-hydrogen) atoms. The molecule has 0 radical (unpaired) electrons. The average molecular weight is 251 g/mol. The van der Waals surface area contributed by atoms with Gasteiger partial charge in [-0.3, -0.25) is 0 Å². The van der Waals surface area contributed by atoms with E-state index in [1.165, 1.54) is 6.07 Å². The third kappa shape index (κ3) is 2.86. The van der Waals surface area contributed by atoms with E-state index in [-0.39, 0.29) is 5.75 Å². The van der Waals surface area contributed by atoms with Crippen molar-refractivity contribution in [3.05, 3.63) is 29.3 Å². The molecule has 0 saturated heterocycles. The fourth-order valence-corrected chi connectivity index (χ4v) is 2.17. The molecule has 96 valence electrons. The van der Waals surface area contributed by atoms with Gasteiger partial charge in [0.15, 0.2) is 11.6 Å². The van der Waals surface area contributed by atoms with Crippen LogP contribution >= 0.6 is 0 Å². The van der Waals surface area contributed by atoms with Gasteiger partial charge in [-0.1, -0.05) is 0 Å². The Hall–Kier alpha value is -1.03. The lowest BCUT2D eigenvalue weighted by molar-refractivity contribution is 0.203. The Labute approximate surface area is 108 Å². The number of hydrogen-bond donors (Lipinski definition) is 1.